The number of halogens is 1. The number of rotatable bonds is 9. The molecule has 0 bridgehead atoms. The molecule has 198 valence electrons. The van der Waals surface area contributed by atoms with Crippen LogP contribution in [0.2, 0.25) is 5.02 Å². The molecule has 1 aliphatic carbocycles. The Labute approximate surface area is 223 Å². The molecule has 1 N–H and O–H groups in total. The second-order valence-electron chi connectivity index (χ2n) is 9.65. The van der Waals surface area contributed by atoms with Gasteiger partial charge in [0.05, 0.1) is 5.56 Å². The Balaban J connectivity index is 1.43. The van der Waals surface area contributed by atoms with Gasteiger partial charge in [-0.25, -0.2) is 12.7 Å². The molecule has 2 aromatic carbocycles. The van der Waals surface area contributed by atoms with Crippen LogP contribution in [0.5, 0.6) is 0 Å². The average molecular weight is 546 g/mol. The fourth-order valence-corrected chi connectivity index (χ4v) is 6.77. The SMILES string of the molecule is C[C@H](C(=O)NC1CCCCC1)N(Cc1cccc(Cl)c1)C(=O)CCCN1C(=O)c2ccccc2S1(=O)=O. The number of benzene rings is 2. The average Bonchev–Trinajstić information content (AvgIpc) is 3.08. The minimum Gasteiger partial charge on any atom is -0.352 e. The number of hydrogen-bond acceptors (Lipinski definition) is 5. The van der Waals surface area contributed by atoms with Crippen molar-refractivity contribution < 1.29 is 22.8 Å². The lowest BCUT2D eigenvalue weighted by Crippen LogP contribution is -2.50. The van der Waals surface area contributed by atoms with Crippen LogP contribution >= 0.6 is 11.6 Å². The molecular weight excluding hydrogens is 514 g/mol. The first-order valence-electron chi connectivity index (χ1n) is 12.7. The summed E-state index contributed by atoms with van der Waals surface area (Å²) in [4.78, 5) is 40.6. The van der Waals surface area contributed by atoms with Crippen LogP contribution in [0.1, 0.15) is 67.8 Å². The van der Waals surface area contributed by atoms with Gasteiger partial charge in [0.1, 0.15) is 10.9 Å². The summed E-state index contributed by atoms with van der Waals surface area (Å²) >= 11 is 6.14. The van der Waals surface area contributed by atoms with Crippen LogP contribution in [-0.4, -0.2) is 54.0 Å². The standard InChI is InChI=1S/C27H32ClN3O5S/c1-19(26(33)29-22-11-3-2-4-12-22)30(18-20-9-7-10-21(28)17-20)25(32)15-8-16-31-27(34)23-13-5-6-14-24(23)37(31,35)36/h5-7,9-10,13-14,17,19,22H,2-4,8,11-12,15-16,18H2,1H3,(H,29,33)/t19-/m1/s1. The highest BCUT2D eigenvalue weighted by Crippen LogP contribution is 2.30. The van der Waals surface area contributed by atoms with E-state index in [9.17, 15) is 22.8 Å². The molecule has 0 radical (unpaired) electrons. The van der Waals surface area contributed by atoms with Gasteiger partial charge in [0.25, 0.3) is 15.9 Å². The summed E-state index contributed by atoms with van der Waals surface area (Å²) in [6.07, 6.45) is 5.31. The van der Waals surface area contributed by atoms with Crippen LogP contribution in [0.15, 0.2) is 53.4 Å². The summed E-state index contributed by atoms with van der Waals surface area (Å²) in [6.45, 7) is 1.77. The molecule has 0 unspecified atom stereocenters. The fraction of sp³-hybridized carbons (Fsp3) is 0.444. The predicted octanol–water partition coefficient (Wildman–Crippen LogP) is 4.13. The topological polar surface area (TPSA) is 104 Å². The zero-order valence-corrected chi connectivity index (χ0v) is 22.4. The summed E-state index contributed by atoms with van der Waals surface area (Å²) in [5.74, 6) is -1.10. The van der Waals surface area contributed by atoms with E-state index in [1.54, 1.807) is 37.3 Å². The van der Waals surface area contributed by atoms with Crippen LogP contribution in [0.3, 0.4) is 0 Å². The molecule has 0 saturated heterocycles. The number of nitrogens with zero attached hydrogens (tertiary/aromatic N) is 2. The van der Waals surface area contributed by atoms with Crippen molar-refractivity contribution in [1.29, 1.82) is 0 Å². The third-order valence-electron chi connectivity index (χ3n) is 7.02. The smallest absolute Gasteiger partial charge is 0.269 e. The minimum atomic E-state index is -3.93. The molecular formula is C27H32ClN3O5S. The molecule has 0 aromatic heterocycles. The zero-order valence-electron chi connectivity index (χ0n) is 20.9. The molecule has 1 heterocycles. The van der Waals surface area contributed by atoms with Crippen molar-refractivity contribution in [2.24, 2.45) is 0 Å². The predicted molar refractivity (Wildman–Crippen MR) is 140 cm³/mol. The van der Waals surface area contributed by atoms with Crippen molar-refractivity contribution in [3.8, 4) is 0 Å². The van der Waals surface area contributed by atoms with E-state index in [0.29, 0.717) is 5.02 Å². The Hall–Kier alpha value is -2.91. The molecule has 4 rings (SSSR count). The number of sulfonamides is 1. The van der Waals surface area contributed by atoms with Crippen molar-refractivity contribution >= 4 is 39.3 Å². The molecule has 1 saturated carbocycles. The van der Waals surface area contributed by atoms with Gasteiger partial charge in [-0.05, 0) is 56.0 Å². The highest BCUT2D eigenvalue weighted by atomic mass is 35.5. The highest BCUT2D eigenvalue weighted by molar-refractivity contribution is 7.90. The van der Waals surface area contributed by atoms with E-state index in [0.717, 1.165) is 35.6 Å². The summed E-state index contributed by atoms with van der Waals surface area (Å²) in [5.41, 5.74) is 0.926. The number of hydrogen-bond donors (Lipinski definition) is 1. The molecule has 0 spiro atoms. The van der Waals surface area contributed by atoms with Crippen LogP contribution in [0.25, 0.3) is 0 Å². The van der Waals surface area contributed by atoms with Crippen LogP contribution in [0, 0.1) is 0 Å². The lowest BCUT2D eigenvalue weighted by Gasteiger charge is -2.31. The van der Waals surface area contributed by atoms with Gasteiger partial charge in [-0.1, -0.05) is 55.1 Å². The zero-order chi connectivity index (χ0) is 26.6. The Morgan fingerprint density at radius 1 is 1.11 bits per heavy atom. The summed E-state index contributed by atoms with van der Waals surface area (Å²) in [5, 5.41) is 3.62. The molecule has 2 aliphatic rings. The van der Waals surface area contributed by atoms with Gasteiger partial charge in [-0.2, -0.15) is 0 Å². The molecule has 2 aromatic rings. The van der Waals surface area contributed by atoms with E-state index < -0.39 is 22.0 Å². The van der Waals surface area contributed by atoms with Crippen molar-refractivity contribution in [1.82, 2.24) is 14.5 Å². The van der Waals surface area contributed by atoms with Crippen molar-refractivity contribution in [2.75, 3.05) is 6.54 Å². The maximum Gasteiger partial charge on any atom is 0.269 e. The van der Waals surface area contributed by atoms with E-state index in [1.165, 1.54) is 23.5 Å². The van der Waals surface area contributed by atoms with Crippen LogP contribution < -0.4 is 5.32 Å². The molecule has 8 nitrogen and oxygen atoms in total. The van der Waals surface area contributed by atoms with Gasteiger partial charge < -0.3 is 10.2 Å². The summed E-state index contributed by atoms with van der Waals surface area (Å²) in [6, 6.07) is 12.6. The maximum atomic E-state index is 13.4. The number of carbonyl (C=O) groups excluding carboxylic acids is 3. The molecule has 37 heavy (non-hydrogen) atoms. The molecule has 3 amide bonds. The Bertz CT molecular complexity index is 1280. The largest absolute Gasteiger partial charge is 0.352 e. The van der Waals surface area contributed by atoms with Crippen molar-refractivity contribution in [2.45, 2.75) is 75.4 Å². The quantitative estimate of drug-likeness (QED) is 0.510. The van der Waals surface area contributed by atoms with Gasteiger partial charge in [-0.3, -0.25) is 14.4 Å². The highest BCUT2D eigenvalue weighted by Gasteiger charge is 2.40. The van der Waals surface area contributed by atoms with Crippen LogP contribution in [-0.2, 0) is 26.2 Å². The number of fused-ring (bicyclic) bond motifs is 1. The molecule has 1 aliphatic heterocycles. The van der Waals surface area contributed by atoms with Gasteiger partial charge in [0.15, 0.2) is 0 Å². The maximum absolute atomic E-state index is 13.4. The Morgan fingerprint density at radius 3 is 2.54 bits per heavy atom. The third-order valence-corrected chi connectivity index (χ3v) is 9.10. The monoisotopic (exact) mass is 545 g/mol. The number of amides is 3. The van der Waals surface area contributed by atoms with Crippen LogP contribution in [0.4, 0.5) is 0 Å². The first-order valence-corrected chi connectivity index (χ1v) is 14.5. The van der Waals surface area contributed by atoms with Gasteiger partial charge in [-0.15, -0.1) is 0 Å². The summed E-state index contributed by atoms with van der Waals surface area (Å²) < 4.78 is 26.4. The first-order chi connectivity index (χ1) is 17.7. The third kappa shape index (κ3) is 6.15. The van der Waals surface area contributed by atoms with E-state index in [2.05, 4.69) is 5.32 Å². The lowest BCUT2D eigenvalue weighted by molar-refractivity contribution is -0.141. The minimum absolute atomic E-state index is 0.0121. The molecule has 1 fully saturated rings. The second-order valence-corrected chi connectivity index (χ2v) is 11.9. The second kappa shape index (κ2) is 11.6. The van der Waals surface area contributed by atoms with Crippen molar-refractivity contribution in [3.05, 3.63) is 64.7 Å². The first kappa shape index (κ1) is 27.1. The van der Waals surface area contributed by atoms with E-state index in [4.69, 9.17) is 11.6 Å². The van der Waals surface area contributed by atoms with Crippen molar-refractivity contribution in [3.63, 3.8) is 0 Å². The Kier molecular flexibility index (Phi) is 8.54. The van der Waals surface area contributed by atoms with Gasteiger partial charge in [0, 0.05) is 30.6 Å². The van der Waals surface area contributed by atoms with Gasteiger partial charge >= 0.3 is 0 Å². The van der Waals surface area contributed by atoms with E-state index >= 15 is 0 Å². The number of carbonyl (C=O) groups is 3. The normalized spacial score (nSPS) is 17.8. The molecule has 1 atom stereocenters. The number of nitrogens with one attached hydrogen (secondary N) is 1. The lowest BCUT2D eigenvalue weighted by atomic mass is 9.95. The summed E-state index contributed by atoms with van der Waals surface area (Å²) in [7, 11) is -3.93. The van der Waals surface area contributed by atoms with Gasteiger partial charge in [0.2, 0.25) is 11.8 Å². The Morgan fingerprint density at radius 2 is 1.84 bits per heavy atom. The van der Waals surface area contributed by atoms with E-state index in [1.807, 2.05) is 6.07 Å². The fourth-order valence-electron chi connectivity index (χ4n) is 4.95. The van der Waals surface area contributed by atoms with E-state index in [-0.39, 0.29) is 54.2 Å². The molecule has 10 heteroatoms.